The van der Waals surface area contributed by atoms with Gasteiger partial charge in [0.05, 0.1) is 0 Å². The van der Waals surface area contributed by atoms with Crippen molar-refractivity contribution in [2.75, 3.05) is 13.1 Å². The lowest BCUT2D eigenvalue weighted by atomic mass is 9.96. The number of hydrogen-bond acceptors (Lipinski definition) is 3. The van der Waals surface area contributed by atoms with Crippen LogP contribution in [0.5, 0.6) is 0 Å². The van der Waals surface area contributed by atoms with Crippen molar-refractivity contribution in [1.29, 1.82) is 0 Å². The van der Waals surface area contributed by atoms with E-state index in [0.717, 1.165) is 31.1 Å². The topological polar surface area (TPSA) is 37.8 Å². The van der Waals surface area contributed by atoms with Crippen LogP contribution in [-0.4, -0.2) is 23.1 Å². The van der Waals surface area contributed by atoms with Gasteiger partial charge in [-0.1, -0.05) is 6.92 Å². The second-order valence-electron chi connectivity index (χ2n) is 4.28. The summed E-state index contributed by atoms with van der Waals surface area (Å²) in [6.07, 6.45) is 8.56. The number of nitrogens with one attached hydrogen (secondary N) is 1. The summed E-state index contributed by atoms with van der Waals surface area (Å²) >= 11 is 0. The molecule has 0 spiro atoms. The monoisotopic (exact) mass is 205 g/mol. The predicted molar refractivity (Wildman–Crippen MR) is 60.7 cm³/mol. The molecule has 82 valence electrons. The molecule has 0 amide bonds. The molecule has 1 aliphatic heterocycles. The summed E-state index contributed by atoms with van der Waals surface area (Å²) < 4.78 is 0. The summed E-state index contributed by atoms with van der Waals surface area (Å²) in [4.78, 5) is 8.81. The maximum atomic E-state index is 4.40. The van der Waals surface area contributed by atoms with E-state index in [0.29, 0.717) is 0 Å². The van der Waals surface area contributed by atoms with Gasteiger partial charge in [0.1, 0.15) is 5.82 Å². The average molecular weight is 205 g/mol. The fourth-order valence-corrected chi connectivity index (χ4v) is 2.03. The minimum Gasteiger partial charge on any atom is -0.316 e. The first-order valence-electron chi connectivity index (χ1n) is 5.89. The average Bonchev–Trinajstić information content (AvgIpc) is 2.31. The molecule has 1 saturated heterocycles. The molecule has 2 heterocycles. The van der Waals surface area contributed by atoms with E-state index in [1.807, 2.05) is 12.4 Å². The van der Waals surface area contributed by atoms with Crippen LogP contribution in [0.25, 0.3) is 0 Å². The number of rotatable bonds is 3. The van der Waals surface area contributed by atoms with Gasteiger partial charge in [0, 0.05) is 18.8 Å². The Labute approximate surface area is 91.3 Å². The largest absolute Gasteiger partial charge is 0.316 e. The minimum absolute atomic E-state index is 0.728. The lowest BCUT2D eigenvalue weighted by Gasteiger charge is -2.21. The van der Waals surface area contributed by atoms with E-state index < -0.39 is 0 Å². The molecule has 3 heteroatoms. The van der Waals surface area contributed by atoms with Crippen LogP contribution in [0, 0.1) is 5.92 Å². The van der Waals surface area contributed by atoms with Gasteiger partial charge in [-0.25, -0.2) is 9.97 Å². The third-order valence-corrected chi connectivity index (χ3v) is 3.04. The molecule has 15 heavy (non-hydrogen) atoms. The van der Waals surface area contributed by atoms with Gasteiger partial charge in [0.15, 0.2) is 0 Å². The molecule has 2 rings (SSSR count). The lowest BCUT2D eigenvalue weighted by Crippen LogP contribution is -2.31. The second kappa shape index (κ2) is 5.21. The Balaban J connectivity index is 1.91. The third kappa shape index (κ3) is 2.99. The van der Waals surface area contributed by atoms with E-state index in [1.165, 1.54) is 24.9 Å². The highest BCUT2D eigenvalue weighted by atomic mass is 14.9. The van der Waals surface area contributed by atoms with Gasteiger partial charge in [-0.2, -0.15) is 0 Å². The van der Waals surface area contributed by atoms with Crippen molar-refractivity contribution >= 4 is 0 Å². The molecule has 0 bridgehead atoms. The zero-order valence-electron chi connectivity index (χ0n) is 9.37. The molecule has 0 aliphatic carbocycles. The van der Waals surface area contributed by atoms with Crippen LogP contribution < -0.4 is 5.32 Å². The molecule has 1 atom stereocenters. The van der Waals surface area contributed by atoms with Gasteiger partial charge >= 0.3 is 0 Å². The van der Waals surface area contributed by atoms with Crippen molar-refractivity contribution in [3.63, 3.8) is 0 Å². The first-order valence-corrected chi connectivity index (χ1v) is 5.89. The number of piperidine rings is 1. The summed E-state index contributed by atoms with van der Waals surface area (Å²) in [6.45, 7) is 4.43. The number of aryl methyl sites for hydroxylation is 1. The van der Waals surface area contributed by atoms with Crippen molar-refractivity contribution < 1.29 is 0 Å². The first kappa shape index (κ1) is 10.6. The standard InChI is InChI=1S/C12H19N3/c1-2-10-8-14-12(15-9-10)6-11-4-3-5-13-7-11/h8-9,11,13H,2-7H2,1H3. The Morgan fingerprint density at radius 2 is 2.20 bits per heavy atom. The molecular formula is C12H19N3. The Morgan fingerprint density at radius 3 is 2.80 bits per heavy atom. The molecule has 1 fully saturated rings. The quantitative estimate of drug-likeness (QED) is 0.814. The molecule has 1 aromatic heterocycles. The molecule has 0 aromatic carbocycles. The Morgan fingerprint density at radius 1 is 1.40 bits per heavy atom. The molecule has 1 aromatic rings. The number of aromatic nitrogens is 2. The first-order chi connectivity index (χ1) is 7.38. The smallest absolute Gasteiger partial charge is 0.128 e. The zero-order valence-corrected chi connectivity index (χ0v) is 9.37. The predicted octanol–water partition coefficient (Wildman–Crippen LogP) is 1.58. The van der Waals surface area contributed by atoms with Crippen molar-refractivity contribution in [2.45, 2.75) is 32.6 Å². The Kier molecular flexibility index (Phi) is 3.67. The van der Waals surface area contributed by atoms with Gasteiger partial charge in [-0.15, -0.1) is 0 Å². The van der Waals surface area contributed by atoms with Crippen LogP contribution in [0.1, 0.15) is 31.2 Å². The number of hydrogen-bond donors (Lipinski definition) is 1. The van der Waals surface area contributed by atoms with Crippen molar-refractivity contribution in [3.8, 4) is 0 Å². The Hall–Kier alpha value is -0.960. The number of nitrogens with zero attached hydrogens (tertiary/aromatic N) is 2. The fourth-order valence-electron chi connectivity index (χ4n) is 2.03. The summed E-state index contributed by atoms with van der Waals surface area (Å²) in [5, 5.41) is 3.42. The van der Waals surface area contributed by atoms with E-state index in [1.54, 1.807) is 0 Å². The van der Waals surface area contributed by atoms with E-state index in [-0.39, 0.29) is 0 Å². The lowest BCUT2D eigenvalue weighted by molar-refractivity contribution is 0.370. The highest BCUT2D eigenvalue weighted by Gasteiger charge is 2.14. The fraction of sp³-hybridized carbons (Fsp3) is 0.667. The van der Waals surface area contributed by atoms with Crippen LogP contribution in [0.15, 0.2) is 12.4 Å². The normalized spacial score (nSPS) is 21.5. The van der Waals surface area contributed by atoms with E-state index in [2.05, 4.69) is 22.2 Å². The van der Waals surface area contributed by atoms with Crippen LogP contribution in [0.2, 0.25) is 0 Å². The second-order valence-corrected chi connectivity index (χ2v) is 4.28. The van der Waals surface area contributed by atoms with Gasteiger partial charge in [0.2, 0.25) is 0 Å². The highest BCUT2D eigenvalue weighted by molar-refractivity contribution is 5.05. The van der Waals surface area contributed by atoms with Gasteiger partial charge < -0.3 is 5.32 Å². The van der Waals surface area contributed by atoms with E-state index in [9.17, 15) is 0 Å². The van der Waals surface area contributed by atoms with Crippen molar-refractivity contribution in [2.24, 2.45) is 5.92 Å². The minimum atomic E-state index is 0.728. The summed E-state index contributed by atoms with van der Waals surface area (Å²) in [5.74, 6) is 1.73. The molecule has 0 saturated carbocycles. The molecule has 1 aliphatic rings. The maximum Gasteiger partial charge on any atom is 0.128 e. The molecule has 1 N–H and O–H groups in total. The van der Waals surface area contributed by atoms with Crippen molar-refractivity contribution in [1.82, 2.24) is 15.3 Å². The van der Waals surface area contributed by atoms with E-state index >= 15 is 0 Å². The van der Waals surface area contributed by atoms with Crippen LogP contribution in [-0.2, 0) is 12.8 Å². The van der Waals surface area contributed by atoms with Gasteiger partial charge in [-0.05, 0) is 43.8 Å². The molecular weight excluding hydrogens is 186 g/mol. The Bertz CT molecular complexity index is 288. The molecule has 1 unspecified atom stereocenters. The van der Waals surface area contributed by atoms with Crippen LogP contribution in [0.4, 0.5) is 0 Å². The highest BCUT2D eigenvalue weighted by Crippen LogP contribution is 2.13. The van der Waals surface area contributed by atoms with Crippen molar-refractivity contribution in [3.05, 3.63) is 23.8 Å². The summed E-state index contributed by atoms with van der Waals surface area (Å²) in [6, 6.07) is 0. The zero-order chi connectivity index (χ0) is 10.5. The van der Waals surface area contributed by atoms with Crippen LogP contribution in [0.3, 0.4) is 0 Å². The van der Waals surface area contributed by atoms with Gasteiger partial charge in [-0.3, -0.25) is 0 Å². The molecule has 3 nitrogen and oxygen atoms in total. The van der Waals surface area contributed by atoms with E-state index in [4.69, 9.17) is 0 Å². The summed E-state index contributed by atoms with van der Waals surface area (Å²) in [5.41, 5.74) is 1.22. The molecule has 0 radical (unpaired) electrons. The maximum absolute atomic E-state index is 4.40. The van der Waals surface area contributed by atoms with Gasteiger partial charge in [0.25, 0.3) is 0 Å². The third-order valence-electron chi connectivity index (χ3n) is 3.04. The SMILES string of the molecule is CCc1cnc(CC2CCCNC2)nc1. The summed E-state index contributed by atoms with van der Waals surface area (Å²) in [7, 11) is 0. The van der Waals surface area contributed by atoms with Crippen LogP contribution >= 0.6 is 0 Å².